The molecule has 9 nitrogen and oxygen atoms in total. The SMILES string of the molecule is C/C(=N\NC(=O)c1cc(-c2ccc(OCc3ccccc3Cl)cc2)n[nH]1)c1ccc([N+](=O)[O-])cc1. The Labute approximate surface area is 205 Å². The molecule has 1 amide bonds. The Hall–Kier alpha value is -4.50. The van der Waals surface area contributed by atoms with Crippen molar-refractivity contribution in [2.45, 2.75) is 13.5 Å². The number of hydrogen-bond acceptors (Lipinski definition) is 6. The molecule has 0 saturated heterocycles. The van der Waals surface area contributed by atoms with E-state index in [1.807, 2.05) is 48.5 Å². The molecule has 0 bridgehead atoms. The summed E-state index contributed by atoms with van der Waals surface area (Å²) < 4.78 is 5.79. The number of halogens is 1. The molecular formula is C25H20ClN5O4. The van der Waals surface area contributed by atoms with Crippen LogP contribution in [0.3, 0.4) is 0 Å². The minimum absolute atomic E-state index is 0.0178. The summed E-state index contributed by atoms with van der Waals surface area (Å²) in [5.41, 5.74) is 6.11. The molecule has 10 heteroatoms. The van der Waals surface area contributed by atoms with E-state index in [1.54, 1.807) is 25.1 Å². The van der Waals surface area contributed by atoms with Crippen molar-refractivity contribution in [1.29, 1.82) is 0 Å². The minimum Gasteiger partial charge on any atom is -0.489 e. The van der Waals surface area contributed by atoms with Gasteiger partial charge in [-0.05, 0) is 61.0 Å². The van der Waals surface area contributed by atoms with E-state index < -0.39 is 10.8 Å². The lowest BCUT2D eigenvalue weighted by atomic mass is 10.1. The number of benzene rings is 3. The highest BCUT2D eigenvalue weighted by atomic mass is 35.5. The molecule has 176 valence electrons. The normalized spacial score (nSPS) is 11.2. The fraction of sp³-hybridized carbons (Fsp3) is 0.0800. The van der Waals surface area contributed by atoms with Crippen LogP contribution in [-0.2, 0) is 6.61 Å². The van der Waals surface area contributed by atoms with E-state index in [0.29, 0.717) is 34.3 Å². The number of hydrazone groups is 1. The number of nitrogens with one attached hydrogen (secondary N) is 2. The van der Waals surface area contributed by atoms with Gasteiger partial charge in [0.05, 0.1) is 16.3 Å². The summed E-state index contributed by atoms with van der Waals surface area (Å²) in [5, 5.41) is 22.4. The van der Waals surface area contributed by atoms with Crippen LogP contribution in [0.1, 0.15) is 28.5 Å². The number of nitro benzene ring substituents is 1. The smallest absolute Gasteiger partial charge is 0.289 e. The molecule has 1 aromatic heterocycles. The lowest BCUT2D eigenvalue weighted by molar-refractivity contribution is -0.384. The van der Waals surface area contributed by atoms with Gasteiger partial charge in [0, 0.05) is 28.3 Å². The van der Waals surface area contributed by atoms with E-state index >= 15 is 0 Å². The molecule has 0 atom stereocenters. The van der Waals surface area contributed by atoms with Crippen molar-refractivity contribution in [3.63, 3.8) is 0 Å². The van der Waals surface area contributed by atoms with Crippen molar-refractivity contribution in [2.24, 2.45) is 5.10 Å². The van der Waals surface area contributed by atoms with Gasteiger partial charge in [-0.1, -0.05) is 29.8 Å². The van der Waals surface area contributed by atoms with E-state index in [-0.39, 0.29) is 11.4 Å². The highest BCUT2D eigenvalue weighted by molar-refractivity contribution is 6.31. The van der Waals surface area contributed by atoms with Gasteiger partial charge in [0.15, 0.2) is 0 Å². The number of nitrogens with zero attached hydrogens (tertiary/aromatic N) is 3. The second-order valence-electron chi connectivity index (χ2n) is 7.51. The fourth-order valence-electron chi connectivity index (χ4n) is 3.17. The number of nitro groups is 1. The molecule has 0 spiro atoms. The highest BCUT2D eigenvalue weighted by Crippen LogP contribution is 2.23. The minimum atomic E-state index is -0.477. The van der Waals surface area contributed by atoms with E-state index in [0.717, 1.165) is 11.1 Å². The summed E-state index contributed by atoms with van der Waals surface area (Å²) in [6, 6.07) is 22.3. The predicted molar refractivity (Wildman–Crippen MR) is 133 cm³/mol. The van der Waals surface area contributed by atoms with Crippen LogP contribution in [0.4, 0.5) is 5.69 Å². The first kappa shape index (κ1) is 23.7. The number of carbonyl (C=O) groups excluding carboxylic acids is 1. The topological polar surface area (TPSA) is 123 Å². The zero-order chi connectivity index (χ0) is 24.8. The Kier molecular flexibility index (Phi) is 7.18. The molecule has 0 aliphatic carbocycles. The molecule has 4 aromatic rings. The molecule has 0 fully saturated rings. The Morgan fingerprint density at radius 1 is 1.11 bits per heavy atom. The van der Waals surface area contributed by atoms with Crippen LogP contribution in [0.2, 0.25) is 5.02 Å². The van der Waals surface area contributed by atoms with Gasteiger partial charge in [0.2, 0.25) is 0 Å². The third kappa shape index (κ3) is 5.90. The third-order valence-corrected chi connectivity index (χ3v) is 5.51. The van der Waals surface area contributed by atoms with Crippen molar-refractivity contribution in [3.05, 3.63) is 111 Å². The molecule has 2 N–H and O–H groups in total. The zero-order valence-electron chi connectivity index (χ0n) is 18.6. The van der Waals surface area contributed by atoms with E-state index in [2.05, 4.69) is 20.7 Å². The first-order valence-corrected chi connectivity index (χ1v) is 10.9. The average molecular weight is 490 g/mol. The molecule has 35 heavy (non-hydrogen) atoms. The second kappa shape index (κ2) is 10.6. The maximum absolute atomic E-state index is 12.5. The van der Waals surface area contributed by atoms with Gasteiger partial charge < -0.3 is 4.74 Å². The monoisotopic (exact) mass is 489 g/mol. The standard InChI is InChI=1S/C25H20ClN5O4/c1-16(17-6-10-20(11-7-17)31(33)34)27-30-25(32)24-14-23(28-29-24)18-8-12-21(13-9-18)35-15-19-4-2-3-5-22(19)26/h2-14H,15H2,1H3,(H,28,29)(H,30,32)/b27-16+. The number of aromatic amines is 1. The first-order chi connectivity index (χ1) is 16.9. The number of carbonyl (C=O) groups is 1. The Balaban J connectivity index is 1.36. The number of rotatable bonds is 8. The Morgan fingerprint density at radius 2 is 1.83 bits per heavy atom. The fourth-order valence-corrected chi connectivity index (χ4v) is 3.36. The van der Waals surface area contributed by atoms with Crippen molar-refractivity contribution >= 4 is 28.9 Å². The van der Waals surface area contributed by atoms with Crippen LogP contribution in [-0.4, -0.2) is 26.7 Å². The molecule has 3 aromatic carbocycles. The second-order valence-corrected chi connectivity index (χ2v) is 7.92. The Bertz CT molecular complexity index is 1380. The van der Waals surface area contributed by atoms with Gasteiger partial charge >= 0.3 is 0 Å². The van der Waals surface area contributed by atoms with Crippen molar-refractivity contribution in [3.8, 4) is 17.0 Å². The first-order valence-electron chi connectivity index (χ1n) is 10.5. The number of aromatic nitrogens is 2. The van der Waals surface area contributed by atoms with Crippen molar-refractivity contribution < 1.29 is 14.5 Å². The molecule has 4 rings (SSSR count). The highest BCUT2D eigenvalue weighted by Gasteiger charge is 2.12. The summed E-state index contributed by atoms with van der Waals surface area (Å²) in [6.45, 7) is 2.04. The molecule has 0 radical (unpaired) electrons. The van der Waals surface area contributed by atoms with Gasteiger partial charge in [0.1, 0.15) is 18.1 Å². The lowest BCUT2D eigenvalue weighted by Crippen LogP contribution is -2.19. The summed E-state index contributed by atoms with van der Waals surface area (Å²) in [6.07, 6.45) is 0. The van der Waals surface area contributed by atoms with Crippen LogP contribution < -0.4 is 10.2 Å². The number of hydrogen-bond donors (Lipinski definition) is 2. The van der Waals surface area contributed by atoms with E-state index in [9.17, 15) is 14.9 Å². The van der Waals surface area contributed by atoms with Gasteiger partial charge in [0.25, 0.3) is 11.6 Å². The Morgan fingerprint density at radius 3 is 2.51 bits per heavy atom. The van der Waals surface area contributed by atoms with Crippen LogP contribution in [0.5, 0.6) is 5.75 Å². The quantitative estimate of drug-likeness (QED) is 0.195. The number of non-ortho nitro benzene ring substituents is 1. The van der Waals surface area contributed by atoms with Crippen LogP contribution in [0, 0.1) is 10.1 Å². The van der Waals surface area contributed by atoms with Crippen molar-refractivity contribution in [2.75, 3.05) is 0 Å². The number of ether oxygens (including phenoxy) is 1. The lowest BCUT2D eigenvalue weighted by Gasteiger charge is -2.08. The molecule has 0 unspecified atom stereocenters. The van der Waals surface area contributed by atoms with Crippen molar-refractivity contribution in [1.82, 2.24) is 15.6 Å². The van der Waals surface area contributed by atoms with Gasteiger partial charge in [-0.15, -0.1) is 0 Å². The molecule has 0 saturated carbocycles. The largest absolute Gasteiger partial charge is 0.489 e. The summed E-state index contributed by atoms with van der Waals surface area (Å²) in [7, 11) is 0. The van der Waals surface area contributed by atoms with Gasteiger partial charge in [-0.2, -0.15) is 10.2 Å². The predicted octanol–water partition coefficient (Wildman–Crippen LogP) is 5.37. The molecular weight excluding hydrogens is 470 g/mol. The third-order valence-electron chi connectivity index (χ3n) is 5.15. The van der Waals surface area contributed by atoms with Gasteiger partial charge in [-0.3, -0.25) is 20.0 Å². The summed E-state index contributed by atoms with van der Waals surface area (Å²) >= 11 is 6.16. The van der Waals surface area contributed by atoms with Crippen LogP contribution in [0.25, 0.3) is 11.3 Å². The average Bonchev–Trinajstić information content (AvgIpc) is 3.37. The van der Waals surface area contributed by atoms with E-state index in [4.69, 9.17) is 16.3 Å². The zero-order valence-corrected chi connectivity index (χ0v) is 19.3. The molecule has 0 aliphatic heterocycles. The van der Waals surface area contributed by atoms with Crippen LogP contribution >= 0.6 is 11.6 Å². The van der Waals surface area contributed by atoms with E-state index in [1.165, 1.54) is 12.1 Å². The molecule has 1 heterocycles. The summed E-state index contributed by atoms with van der Waals surface area (Å²) in [5.74, 6) is 0.211. The summed E-state index contributed by atoms with van der Waals surface area (Å²) in [4.78, 5) is 22.8. The maximum atomic E-state index is 12.5. The van der Waals surface area contributed by atoms with Crippen LogP contribution in [0.15, 0.2) is 84.0 Å². The number of H-pyrrole nitrogens is 1. The molecule has 0 aliphatic rings. The maximum Gasteiger partial charge on any atom is 0.289 e. The number of amides is 1. The van der Waals surface area contributed by atoms with Gasteiger partial charge in [-0.25, -0.2) is 5.43 Å².